The minimum atomic E-state index is -0.627. The van der Waals surface area contributed by atoms with Gasteiger partial charge in [-0.1, -0.05) is 24.3 Å². The Morgan fingerprint density at radius 2 is 1.52 bits per heavy atom. The Morgan fingerprint density at radius 3 is 2.19 bits per heavy atom. The molecule has 0 saturated carbocycles. The molecular weight excluding hydrogens is 336 g/mol. The molecule has 0 aliphatic carbocycles. The number of amides is 1. The number of nitrogens with zero attached hydrogens (tertiary/aromatic N) is 1. The van der Waals surface area contributed by atoms with Gasteiger partial charge in [0.1, 0.15) is 0 Å². The molecule has 27 heavy (non-hydrogen) atoms. The van der Waals surface area contributed by atoms with Crippen LogP contribution in [-0.2, 0) is 11.3 Å². The lowest BCUT2D eigenvalue weighted by atomic mass is 10.1. The highest BCUT2D eigenvalue weighted by atomic mass is 16.2. The van der Waals surface area contributed by atoms with Crippen LogP contribution in [-0.4, -0.2) is 16.3 Å². The topological polar surface area (TPSA) is 51.1 Å². The van der Waals surface area contributed by atoms with Gasteiger partial charge in [0.25, 0.3) is 11.7 Å². The molecular formula is C23H24N2O2. The van der Waals surface area contributed by atoms with Crippen molar-refractivity contribution in [2.45, 2.75) is 34.2 Å². The van der Waals surface area contributed by atoms with Crippen LogP contribution in [0.5, 0.6) is 0 Å². The van der Waals surface area contributed by atoms with Crippen molar-refractivity contribution in [3.05, 3.63) is 88.2 Å². The highest BCUT2D eigenvalue weighted by Crippen LogP contribution is 2.16. The molecule has 1 heterocycles. The molecule has 0 unspecified atom stereocenters. The second kappa shape index (κ2) is 7.62. The summed E-state index contributed by atoms with van der Waals surface area (Å²) in [5.41, 5.74) is 6.76. The number of nitrogens with one attached hydrogen (secondary N) is 1. The van der Waals surface area contributed by atoms with E-state index in [1.165, 1.54) is 11.1 Å². The molecule has 2 aromatic carbocycles. The first-order chi connectivity index (χ1) is 12.8. The third-order valence-electron chi connectivity index (χ3n) is 4.96. The number of ketones is 1. The second-order valence-corrected chi connectivity index (χ2v) is 7.02. The largest absolute Gasteiger partial charge is 0.340 e. The first-order valence-electron chi connectivity index (χ1n) is 8.99. The van der Waals surface area contributed by atoms with Crippen LogP contribution >= 0.6 is 0 Å². The van der Waals surface area contributed by atoms with E-state index in [1.807, 2.05) is 48.9 Å². The van der Waals surface area contributed by atoms with E-state index in [1.54, 1.807) is 12.1 Å². The van der Waals surface area contributed by atoms with Gasteiger partial charge in [-0.2, -0.15) is 0 Å². The van der Waals surface area contributed by atoms with Crippen molar-refractivity contribution in [3.63, 3.8) is 0 Å². The van der Waals surface area contributed by atoms with Crippen LogP contribution in [0.15, 0.2) is 54.7 Å². The van der Waals surface area contributed by atoms with Gasteiger partial charge in [0.05, 0.1) is 5.69 Å². The maximum absolute atomic E-state index is 12.7. The fourth-order valence-corrected chi connectivity index (χ4v) is 2.98. The van der Waals surface area contributed by atoms with E-state index in [0.29, 0.717) is 17.9 Å². The van der Waals surface area contributed by atoms with Crippen LogP contribution in [0, 0.1) is 27.7 Å². The van der Waals surface area contributed by atoms with Crippen LogP contribution in [0.2, 0.25) is 0 Å². The third-order valence-corrected chi connectivity index (χ3v) is 4.96. The second-order valence-electron chi connectivity index (χ2n) is 7.02. The molecule has 4 nitrogen and oxygen atoms in total. The van der Waals surface area contributed by atoms with Gasteiger partial charge in [0.2, 0.25) is 0 Å². The van der Waals surface area contributed by atoms with Gasteiger partial charge in [0.15, 0.2) is 0 Å². The van der Waals surface area contributed by atoms with Gasteiger partial charge in [-0.25, -0.2) is 0 Å². The standard InChI is InChI=1S/C23H24N2O2/c1-15-7-9-19(12-17(15)3)14-25-11-5-6-21(25)22(26)23(27)24-20-10-8-16(2)18(4)13-20/h5-13H,14H2,1-4H3,(H,24,27). The van der Waals surface area contributed by atoms with E-state index in [4.69, 9.17) is 0 Å². The number of hydrogen-bond acceptors (Lipinski definition) is 2. The summed E-state index contributed by atoms with van der Waals surface area (Å²) >= 11 is 0. The third kappa shape index (κ3) is 4.17. The number of carbonyl (C=O) groups excluding carboxylic acids is 2. The molecule has 0 saturated heterocycles. The van der Waals surface area contributed by atoms with E-state index in [0.717, 1.165) is 16.7 Å². The molecule has 0 radical (unpaired) electrons. The molecule has 0 spiro atoms. The molecule has 1 amide bonds. The molecule has 0 aliphatic heterocycles. The lowest BCUT2D eigenvalue weighted by Crippen LogP contribution is -2.25. The van der Waals surface area contributed by atoms with E-state index in [2.05, 4.69) is 31.3 Å². The van der Waals surface area contributed by atoms with Crippen LogP contribution in [0.25, 0.3) is 0 Å². The minimum absolute atomic E-state index is 0.384. The van der Waals surface area contributed by atoms with Crippen LogP contribution in [0.4, 0.5) is 5.69 Å². The SMILES string of the molecule is Cc1ccc(Cn2cccc2C(=O)C(=O)Nc2ccc(C)c(C)c2)cc1C. The Bertz CT molecular complexity index is 1010. The van der Waals surface area contributed by atoms with E-state index >= 15 is 0 Å². The lowest BCUT2D eigenvalue weighted by Gasteiger charge is -2.11. The first kappa shape index (κ1) is 18.6. The van der Waals surface area contributed by atoms with Gasteiger partial charge >= 0.3 is 0 Å². The molecule has 0 atom stereocenters. The number of anilines is 1. The van der Waals surface area contributed by atoms with Crippen molar-refractivity contribution in [2.75, 3.05) is 5.32 Å². The van der Waals surface area contributed by atoms with E-state index in [-0.39, 0.29) is 0 Å². The van der Waals surface area contributed by atoms with Gasteiger partial charge in [0, 0.05) is 18.4 Å². The Kier molecular flexibility index (Phi) is 5.26. The van der Waals surface area contributed by atoms with Crippen molar-refractivity contribution in [1.29, 1.82) is 0 Å². The molecule has 0 fully saturated rings. The number of benzene rings is 2. The molecule has 0 bridgehead atoms. The predicted molar refractivity (Wildman–Crippen MR) is 108 cm³/mol. The summed E-state index contributed by atoms with van der Waals surface area (Å²) in [6, 6.07) is 15.3. The molecule has 1 N–H and O–H groups in total. The average Bonchev–Trinajstić information content (AvgIpc) is 3.08. The Balaban J connectivity index is 1.77. The summed E-state index contributed by atoms with van der Waals surface area (Å²) in [6.45, 7) is 8.66. The summed E-state index contributed by atoms with van der Waals surface area (Å²) in [5.74, 6) is -1.17. The Morgan fingerprint density at radius 1 is 0.852 bits per heavy atom. The monoisotopic (exact) mass is 360 g/mol. The van der Waals surface area contributed by atoms with Crippen molar-refractivity contribution >= 4 is 17.4 Å². The van der Waals surface area contributed by atoms with Crippen LogP contribution < -0.4 is 5.32 Å². The summed E-state index contributed by atoms with van der Waals surface area (Å²) < 4.78 is 1.81. The fraction of sp³-hybridized carbons (Fsp3) is 0.217. The molecule has 3 rings (SSSR count). The zero-order valence-corrected chi connectivity index (χ0v) is 16.2. The number of Topliss-reactive ketones (excluding diaryl/α,β-unsaturated/α-hetero) is 1. The summed E-state index contributed by atoms with van der Waals surface area (Å²) in [5, 5.41) is 2.70. The zero-order chi connectivity index (χ0) is 19.6. The average molecular weight is 360 g/mol. The summed E-state index contributed by atoms with van der Waals surface area (Å²) in [7, 11) is 0. The highest BCUT2D eigenvalue weighted by molar-refractivity contribution is 6.46. The smallest absolute Gasteiger partial charge is 0.298 e. The fourth-order valence-electron chi connectivity index (χ4n) is 2.98. The highest BCUT2D eigenvalue weighted by Gasteiger charge is 2.20. The maximum atomic E-state index is 12.7. The van der Waals surface area contributed by atoms with Crippen molar-refractivity contribution < 1.29 is 9.59 Å². The predicted octanol–water partition coefficient (Wildman–Crippen LogP) is 4.59. The molecule has 138 valence electrons. The van der Waals surface area contributed by atoms with Crippen LogP contribution in [0.3, 0.4) is 0 Å². The summed E-state index contributed by atoms with van der Waals surface area (Å²) in [4.78, 5) is 25.1. The number of aromatic nitrogens is 1. The Hall–Kier alpha value is -3.14. The lowest BCUT2D eigenvalue weighted by molar-refractivity contribution is -0.112. The van der Waals surface area contributed by atoms with Crippen LogP contribution in [0.1, 0.15) is 38.3 Å². The molecule has 3 aromatic rings. The van der Waals surface area contributed by atoms with Crippen molar-refractivity contribution in [1.82, 2.24) is 4.57 Å². The number of carbonyl (C=O) groups is 2. The minimum Gasteiger partial charge on any atom is -0.340 e. The van der Waals surface area contributed by atoms with Gasteiger partial charge in [-0.15, -0.1) is 0 Å². The van der Waals surface area contributed by atoms with E-state index < -0.39 is 11.7 Å². The number of rotatable bonds is 5. The summed E-state index contributed by atoms with van der Waals surface area (Å²) in [6.07, 6.45) is 1.83. The van der Waals surface area contributed by atoms with Crippen molar-refractivity contribution in [2.24, 2.45) is 0 Å². The van der Waals surface area contributed by atoms with Gasteiger partial charge in [-0.3, -0.25) is 9.59 Å². The number of hydrogen-bond donors (Lipinski definition) is 1. The normalized spacial score (nSPS) is 10.7. The van der Waals surface area contributed by atoms with Gasteiger partial charge in [-0.05, 0) is 79.8 Å². The Labute approximate surface area is 159 Å². The maximum Gasteiger partial charge on any atom is 0.298 e. The quantitative estimate of drug-likeness (QED) is 0.534. The first-order valence-corrected chi connectivity index (χ1v) is 8.99. The van der Waals surface area contributed by atoms with E-state index in [9.17, 15) is 9.59 Å². The molecule has 4 heteroatoms. The zero-order valence-electron chi connectivity index (χ0n) is 16.2. The molecule has 1 aromatic heterocycles. The van der Waals surface area contributed by atoms with Gasteiger partial charge < -0.3 is 9.88 Å². The number of aryl methyl sites for hydroxylation is 4. The molecule has 0 aliphatic rings. The van der Waals surface area contributed by atoms with Crippen molar-refractivity contribution in [3.8, 4) is 0 Å².